The lowest BCUT2D eigenvalue weighted by molar-refractivity contribution is 0.252. The highest BCUT2D eigenvalue weighted by Gasteiger charge is 2.09. The second kappa shape index (κ2) is 7.04. The molecule has 0 aliphatic rings. The molecule has 0 atom stereocenters. The molecule has 2 rings (SSSR count). The maximum Gasteiger partial charge on any atom is 0.288 e. The van der Waals surface area contributed by atoms with Gasteiger partial charge in [0.1, 0.15) is 5.82 Å². The van der Waals surface area contributed by atoms with Crippen LogP contribution in [0.3, 0.4) is 0 Å². The van der Waals surface area contributed by atoms with E-state index in [0.717, 1.165) is 6.07 Å². The number of halogens is 3. The van der Waals surface area contributed by atoms with Crippen molar-refractivity contribution in [3.05, 3.63) is 59.4 Å². The first-order chi connectivity index (χ1) is 10.1. The van der Waals surface area contributed by atoms with Crippen LogP contribution in [0.25, 0.3) is 0 Å². The molecule has 6 heteroatoms. The molecule has 0 radical (unpaired) electrons. The maximum absolute atomic E-state index is 13.3. The molecule has 0 spiro atoms. The molecule has 0 aromatic heterocycles. The fraction of sp³-hybridized carbons (Fsp3) is 0.133. The van der Waals surface area contributed by atoms with E-state index in [0.29, 0.717) is 27.9 Å². The number of thioether (sulfide) groups is 1. The molecule has 21 heavy (non-hydrogen) atoms. The van der Waals surface area contributed by atoms with Crippen LogP contribution in [0.4, 0.5) is 18.9 Å². The molecule has 108 valence electrons. The van der Waals surface area contributed by atoms with Crippen molar-refractivity contribution >= 4 is 17.4 Å². The number of para-hydroxylation sites is 1. The molecule has 0 amide bonds. The van der Waals surface area contributed by atoms with E-state index < -0.39 is 11.6 Å². The molecule has 0 fully saturated rings. The third-order valence-corrected chi connectivity index (χ3v) is 3.46. The summed E-state index contributed by atoms with van der Waals surface area (Å²) in [5.41, 5.74) is 1.34. The number of nitrogens with one attached hydrogen (secondary N) is 1. The number of rotatable bonds is 5. The molecule has 0 aliphatic carbocycles. The summed E-state index contributed by atoms with van der Waals surface area (Å²) in [5.74, 6) is -3.01. The van der Waals surface area contributed by atoms with Gasteiger partial charge in [-0.3, -0.25) is 0 Å². The minimum absolute atomic E-state index is 0.224. The van der Waals surface area contributed by atoms with E-state index in [1.165, 1.54) is 6.07 Å². The summed E-state index contributed by atoms with van der Waals surface area (Å²) in [6, 6.07) is 12.5. The highest BCUT2D eigenvalue weighted by molar-refractivity contribution is 7.99. The summed E-state index contributed by atoms with van der Waals surface area (Å²) in [4.78, 5) is 0.421. The van der Waals surface area contributed by atoms with Gasteiger partial charge in [0.25, 0.3) is 5.76 Å². The quantitative estimate of drug-likeness (QED) is 0.818. The summed E-state index contributed by atoms with van der Waals surface area (Å²) in [5, 5.41) is 11.8. The summed E-state index contributed by atoms with van der Waals surface area (Å²) >= 11 is 0.449. The fourth-order valence-electron chi connectivity index (χ4n) is 1.83. The highest BCUT2D eigenvalue weighted by atomic mass is 32.2. The third kappa shape index (κ3) is 4.43. The molecule has 2 aromatic carbocycles. The van der Waals surface area contributed by atoms with E-state index >= 15 is 0 Å². The van der Waals surface area contributed by atoms with Crippen LogP contribution in [0, 0.1) is 17.1 Å². The van der Waals surface area contributed by atoms with Gasteiger partial charge in [0, 0.05) is 17.1 Å². The molecule has 0 saturated heterocycles. The van der Waals surface area contributed by atoms with E-state index in [4.69, 9.17) is 5.26 Å². The molecule has 0 heterocycles. The van der Waals surface area contributed by atoms with Crippen LogP contribution in [0.15, 0.2) is 47.4 Å². The first-order valence-electron chi connectivity index (χ1n) is 6.06. The average Bonchev–Trinajstić information content (AvgIpc) is 2.45. The zero-order valence-corrected chi connectivity index (χ0v) is 11.6. The molecular weight excluding hydrogens is 297 g/mol. The number of benzene rings is 2. The van der Waals surface area contributed by atoms with Crippen LogP contribution in [0.1, 0.15) is 11.1 Å². The minimum atomic E-state index is -2.51. The summed E-state index contributed by atoms with van der Waals surface area (Å²) in [6.07, 6.45) is 0. The van der Waals surface area contributed by atoms with E-state index in [1.54, 1.807) is 30.3 Å². The van der Waals surface area contributed by atoms with Crippen molar-refractivity contribution in [1.29, 1.82) is 5.26 Å². The largest absolute Gasteiger partial charge is 0.380 e. The highest BCUT2D eigenvalue weighted by Crippen LogP contribution is 2.31. The first-order valence-corrected chi connectivity index (χ1v) is 6.94. The Morgan fingerprint density at radius 1 is 1.19 bits per heavy atom. The van der Waals surface area contributed by atoms with Gasteiger partial charge in [0.05, 0.1) is 11.6 Å². The van der Waals surface area contributed by atoms with Crippen LogP contribution < -0.4 is 5.32 Å². The lowest BCUT2D eigenvalue weighted by Gasteiger charge is -2.11. The van der Waals surface area contributed by atoms with Crippen molar-refractivity contribution in [3.63, 3.8) is 0 Å². The zero-order chi connectivity index (χ0) is 15.2. The van der Waals surface area contributed by atoms with Crippen molar-refractivity contribution in [2.24, 2.45) is 0 Å². The van der Waals surface area contributed by atoms with Crippen molar-refractivity contribution in [2.75, 3.05) is 5.32 Å². The van der Waals surface area contributed by atoms with Crippen LogP contribution in [-0.2, 0) is 6.54 Å². The Morgan fingerprint density at radius 3 is 2.67 bits per heavy atom. The monoisotopic (exact) mass is 308 g/mol. The minimum Gasteiger partial charge on any atom is -0.380 e. The van der Waals surface area contributed by atoms with Gasteiger partial charge < -0.3 is 5.32 Å². The van der Waals surface area contributed by atoms with Gasteiger partial charge in [-0.05, 0) is 35.9 Å². The molecule has 2 nitrogen and oxygen atoms in total. The van der Waals surface area contributed by atoms with E-state index in [1.807, 2.05) is 6.07 Å². The first kappa shape index (κ1) is 15.3. The SMILES string of the molecule is N#Cc1cc(F)cc(CNc2ccccc2SC(F)F)c1. The second-order valence-corrected chi connectivity index (χ2v) is 5.22. The molecular formula is C15H11F3N2S. The molecule has 0 aliphatic heterocycles. The van der Waals surface area contributed by atoms with Crippen LogP contribution in [0.2, 0.25) is 0 Å². The number of hydrogen-bond acceptors (Lipinski definition) is 3. The smallest absolute Gasteiger partial charge is 0.288 e. The molecule has 0 saturated carbocycles. The lowest BCUT2D eigenvalue weighted by atomic mass is 10.1. The summed E-state index contributed by atoms with van der Waals surface area (Å²) < 4.78 is 38.2. The Hall–Kier alpha value is -2.13. The summed E-state index contributed by atoms with van der Waals surface area (Å²) in [6.45, 7) is 0.243. The molecule has 1 N–H and O–H groups in total. The Kier molecular flexibility index (Phi) is 5.12. The van der Waals surface area contributed by atoms with E-state index in [9.17, 15) is 13.2 Å². The Bertz CT molecular complexity index is 668. The van der Waals surface area contributed by atoms with E-state index in [2.05, 4.69) is 5.32 Å². The van der Waals surface area contributed by atoms with Crippen LogP contribution in [0.5, 0.6) is 0 Å². The van der Waals surface area contributed by atoms with Crippen molar-refractivity contribution in [1.82, 2.24) is 0 Å². The fourth-order valence-corrected chi connectivity index (χ4v) is 2.44. The predicted octanol–water partition coefficient (Wildman–Crippen LogP) is 4.62. The number of anilines is 1. The van der Waals surface area contributed by atoms with Crippen molar-refractivity contribution in [3.8, 4) is 6.07 Å². The number of nitriles is 1. The van der Waals surface area contributed by atoms with Gasteiger partial charge in [-0.1, -0.05) is 23.9 Å². The van der Waals surface area contributed by atoms with Gasteiger partial charge in [-0.25, -0.2) is 4.39 Å². The van der Waals surface area contributed by atoms with Crippen LogP contribution in [-0.4, -0.2) is 5.76 Å². The lowest BCUT2D eigenvalue weighted by Crippen LogP contribution is -2.02. The Labute approximate surface area is 124 Å². The third-order valence-electron chi connectivity index (χ3n) is 2.67. The molecule has 2 aromatic rings. The Balaban J connectivity index is 2.13. The number of hydrogen-bond donors (Lipinski definition) is 1. The van der Waals surface area contributed by atoms with Gasteiger partial charge in [0.15, 0.2) is 0 Å². The summed E-state index contributed by atoms with van der Waals surface area (Å²) in [7, 11) is 0. The van der Waals surface area contributed by atoms with Gasteiger partial charge in [0.2, 0.25) is 0 Å². The standard InChI is InChI=1S/C15H11F3N2S/c16-12-6-10(8-19)5-11(7-12)9-20-13-3-1-2-4-14(13)21-15(17)18/h1-7,15,20H,9H2. The van der Waals surface area contributed by atoms with Crippen LogP contribution >= 0.6 is 11.8 Å². The van der Waals surface area contributed by atoms with Gasteiger partial charge >= 0.3 is 0 Å². The number of nitrogens with zero attached hydrogens (tertiary/aromatic N) is 1. The number of alkyl halides is 2. The predicted molar refractivity (Wildman–Crippen MR) is 76.7 cm³/mol. The average molecular weight is 308 g/mol. The van der Waals surface area contributed by atoms with Gasteiger partial charge in [-0.2, -0.15) is 14.0 Å². The maximum atomic E-state index is 13.3. The zero-order valence-electron chi connectivity index (χ0n) is 10.8. The van der Waals surface area contributed by atoms with Crippen molar-refractivity contribution in [2.45, 2.75) is 17.2 Å². The topological polar surface area (TPSA) is 35.8 Å². The second-order valence-electron chi connectivity index (χ2n) is 4.19. The Morgan fingerprint density at radius 2 is 1.95 bits per heavy atom. The molecule has 0 unspecified atom stereocenters. The van der Waals surface area contributed by atoms with Crippen molar-refractivity contribution < 1.29 is 13.2 Å². The van der Waals surface area contributed by atoms with Gasteiger partial charge in [-0.15, -0.1) is 0 Å². The van der Waals surface area contributed by atoms with E-state index in [-0.39, 0.29) is 12.1 Å². The normalized spacial score (nSPS) is 10.4. The molecule has 0 bridgehead atoms.